The first-order valence-corrected chi connectivity index (χ1v) is 6.69. The molecule has 1 aromatic heterocycles. The van der Waals surface area contributed by atoms with E-state index in [0.717, 1.165) is 4.88 Å². The molecule has 1 heterocycles. The van der Waals surface area contributed by atoms with Crippen LogP contribution in [0.15, 0.2) is 36.0 Å². The lowest BCUT2D eigenvalue weighted by Crippen LogP contribution is -2.37. The largest absolute Gasteiger partial charge is 0.478 e. The minimum Gasteiger partial charge on any atom is -0.478 e. The first-order chi connectivity index (χ1) is 9.59. The molecule has 2 rings (SSSR count). The summed E-state index contributed by atoms with van der Waals surface area (Å²) in [5.74, 6) is -1.07. The number of amides is 2. The Morgan fingerprint density at radius 1 is 1.40 bits per heavy atom. The second-order valence-corrected chi connectivity index (χ2v) is 4.98. The first-order valence-electron chi connectivity index (χ1n) is 5.81. The van der Waals surface area contributed by atoms with Crippen molar-refractivity contribution in [2.75, 3.05) is 11.9 Å². The fourth-order valence-electron chi connectivity index (χ4n) is 1.67. The van der Waals surface area contributed by atoms with Crippen molar-refractivity contribution in [2.24, 2.45) is 0 Å². The van der Waals surface area contributed by atoms with E-state index in [9.17, 15) is 9.59 Å². The lowest BCUT2D eigenvalue weighted by atomic mass is 10.1. The van der Waals surface area contributed by atoms with Gasteiger partial charge in [-0.1, -0.05) is 12.1 Å². The summed E-state index contributed by atoms with van der Waals surface area (Å²) >= 11 is 1.44. The van der Waals surface area contributed by atoms with Gasteiger partial charge in [-0.2, -0.15) is 0 Å². The van der Waals surface area contributed by atoms with Crippen molar-refractivity contribution in [2.45, 2.75) is 6.54 Å². The number of carbonyl (C=O) groups is 2. The number of nitrogens with zero attached hydrogens (tertiary/aromatic N) is 2. The molecule has 0 unspecified atom stereocenters. The van der Waals surface area contributed by atoms with Gasteiger partial charge in [0.15, 0.2) is 0 Å². The molecule has 6 nitrogen and oxygen atoms in total. The SMILES string of the molecule is CN(C(=O)NCc1cncs1)c1ccccc1C(=O)O. The van der Waals surface area contributed by atoms with E-state index in [0.29, 0.717) is 12.2 Å². The molecule has 7 heteroatoms. The molecule has 2 aromatic rings. The van der Waals surface area contributed by atoms with Crippen molar-refractivity contribution in [3.8, 4) is 0 Å². The zero-order valence-electron chi connectivity index (χ0n) is 10.7. The summed E-state index contributed by atoms with van der Waals surface area (Å²) in [5, 5.41) is 11.8. The molecular formula is C13H13N3O3S. The van der Waals surface area contributed by atoms with Crippen molar-refractivity contribution in [1.82, 2.24) is 10.3 Å². The summed E-state index contributed by atoms with van der Waals surface area (Å²) in [5.41, 5.74) is 2.12. The number of hydrogen-bond acceptors (Lipinski definition) is 4. The van der Waals surface area contributed by atoms with E-state index < -0.39 is 5.97 Å². The molecular weight excluding hydrogens is 278 g/mol. The number of benzene rings is 1. The molecule has 0 atom stereocenters. The number of rotatable bonds is 4. The Morgan fingerprint density at radius 2 is 2.15 bits per heavy atom. The van der Waals surface area contributed by atoms with Gasteiger partial charge in [-0.3, -0.25) is 9.88 Å². The number of carbonyl (C=O) groups excluding carboxylic acids is 1. The highest BCUT2D eigenvalue weighted by Crippen LogP contribution is 2.19. The van der Waals surface area contributed by atoms with Crippen molar-refractivity contribution >= 4 is 29.0 Å². The van der Waals surface area contributed by atoms with Gasteiger partial charge in [-0.25, -0.2) is 9.59 Å². The Bertz CT molecular complexity index is 613. The van der Waals surface area contributed by atoms with Crippen LogP contribution in [0.5, 0.6) is 0 Å². The average Bonchev–Trinajstić information content (AvgIpc) is 2.97. The lowest BCUT2D eigenvalue weighted by molar-refractivity contribution is 0.0697. The fourth-order valence-corrected chi connectivity index (χ4v) is 2.20. The number of carboxylic acid groups (broad SMARTS) is 1. The molecule has 0 radical (unpaired) electrons. The standard InChI is InChI=1S/C13H13N3O3S/c1-16(11-5-3-2-4-10(11)12(17)18)13(19)15-7-9-6-14-8-20-9/h2-6,8H,7H2,1H3,(H,15,19)(H,17,18). The van der Waals surface area contributed by atoms with Crippen LogP contribution in [0.4, 0.5) is 10.5 Å². The lowest BCUT2D eigenvalue weighted by Gasteiger charge is -2.19. The van der Waals surface area contributed by atoms with Crippen LogP contribution in [0.25, 0.3) is 0 Å². The topological polar surface area (TPSA) is 82.5 Å². The van der Waals surface area contributed by atoms with Gasteiger partial charge in [-0.05, 0) is 12.1 Å². The van der Waals surface area contributed by atoms with E-state index in [1.165, 1.54) is 29.4 Å². The predicted octanol–water partition coefficient (Wildman–Crippen LogP) is 2.19. The van der Waals surface area contributed by atoms with Gasteiger partial charge in [0, 0.05) is 18.1 Å². The molecule has 0 fully saturated rings. The fraction of sp³-hybridized carbons (Fsp3) is 0.154. The first kappa shape index (κ1) is 14.0. The molecule has 1 aromatic carbocycles. The number of aromatic carboxylic acids is 1. The number of nitrogens with one attached hydrogen (secondary N) is 1. The number of urea groups is 1. The Kier molecular flexibility index (Phi) is 4.31. The van der Waals surface area contributed by atoms with Crippen LogP contribution in [0.2, 0.25) is 0 Å². The zero-order valence-corrected chi connectivity index (χ0v) is 11.6. The van der Waals surface area contributed by atoms with Crippen LogP contribution < -0.4 is 10.2 Å². The van der Waals surface area contributed by atoms with E-state index in [2.05, 4.69) is 10.3 Å². The summed E-state index contributed by atoms with van der Waals surface area (Å²) < 4.78 is 0. The molecule has 104 valence electrons. The molecule has 0 aliphatic heterocycles. The third-order valence-electron chi connectivity index (χ3n) is 2.70. The van der Waals surface area contributed by atoms with E-state index in [-0.39, 0.29) is 11.6 Å². The van der Waals surface area contributed by atoms with Crippen LogP contribution in [-0.4, -0.2) is 29.1 Å². The van der Waals surface area contributed by atoms with E-state index in [1.807, 2.05) is 0 Å². The number of para-hydroxylation sites is 1. The van der Waals surface area contributed by atoms with Gasteiger partial charge in [0.1, 0.15) is 0 Å². The van der Waals surface area contributed by atoms with Gasteiger partial charge in [0.25, 0.3) is 0 Å². The quantitative estimate of drug-likeness (QED) is 0.904. The second kappa shape index (κ2) is 6.16. The number of aromatic nitrogens is 1. The molecule has 2 N–H and O–H groups in total. The molecule has 0 saturated carbocycles. The van der Waals surface area contributed by atoms with Crippen molar-refractivity contribution in [3.63, 3.8) is 0 Å². The summed E-state index contributed by atoms with van der Waals surface area (Å²) in [7, 11) is 1.53. The summed E-state index contributed by atoms with van der Waals surface area (Å²) in [6, 6.07) is 6.00. The zero-order chi connectivity index (χ0) is 14.5. The number of thiazole rings is 1. The van der Waals surface area contributed by atoms with Gasteiger partial charge in [0.05, 0.1) is 23.3 Å². The Labute approximate surface area is 119 Å². The smallest absolute Gasteiger partial charge is 0.337 e. The summed E-state index contributed by atoms with van der Waals surface area (Å²) in [4.78, 5) is 29.3. The van der Waals surface area contributed by atoms with Crippen LogP contribution in [0, 0.1) is 0 Å². The van der Waals surface area contributed by atoms with Crippen molar-refractivity contribution < 1.29 is 14.7 Å². The maximum absolute atomic E-state index is 12.0. The maximum Gasteiger partial charge on any atom is 0.337 e. The molecule has 0 saturated heterocycles. The van der Waals surface area contributed by atoms with Gasteiger partial charge in [-0.15, -0.1) is 11.3 Å². The third kappa shape index (κ3) is 3.12. The summed E-state index contributed by atoms with van der Waals surface area (Å²) in [6.45, 7) is 0.364. The Balaban J connectivity index is 2.08. The molecule has 0 aliphatic rings. The van der Waals surface area contributed by atoms with Crippen molar-refractivity contribution in [1.29, 1.82) is 0 Å². The molecule has 0 spiro atoms. The number of carboxylic acids is 1. The van der Waals surface area contributed by atoms with E-state index >= 15 is 0 Å². The second-order valence-electron chi connectivity index (χ2n) is 4.01. The molecule has 0 bridgehead atoms. The third-order valence-corrected chi connectivity index (χ3v) is 3.48. The monoisotopic (exact) mass is 291 g/mol. The molecule has 20 heavy (non-hydrogen) atoms. The average molecular weight is 291 g/mol. The van der Waals surface area contributed by atoms with Crippen LogP contribution in [-0.2, 0) is 6.54 Å². The Morgan fingerprint density at radius 3 is 2.80 bits per heavy atom. The van der Waals surface area contributed by atoms with E-state index in [1.54, 1.807) is 29.9 Å². The van der Waals surface area contributed by atoms with Crippen LogP contribution in [0.1, 0.15) is 15.2 Å². The van der Waals surface area contributed by atoms with Crippen LogP contribution in [0.3, 0.4) is 0 Å². The minimum atomic E-state index is -1.07. The van der Waals surface area contributed by atoms with Gasteiger partial charge >= 0.3 is 12.0 Å². The van der Waals surface area contributed by atoms with Gasteiger partial charge in [0.2, 0.25) is 0 Å². The maximum atomic E-state index is 12.0. The van der Waals surface area contributed by atoms with Crippen LogP contribution >= 0.6 is 11.3 Å². The summed E-state index contributed by atoms with van der Waals surface area (Å²) in [6.07, 6.45) is 1.68. The van der Waals surface area contributed by atoms with E-state index in [4.69, 9.17) is 5.11 Å². The predicted molar refractivity (Wildman–Crippen MR) is 76.2 cm³/mol. The highest BCUT2D eigenvalue weighted by atomic mass is 32.1. The number of anilines is 1. The highest BCUT2D eigenvalue weighted by Gasteiger charge is 2.17. The number of hydrogen-bond donors (Lipinski definition) is 2. The van der Waals surface area contributed by atoms with Gasteiger partial charge < -0.3 is 10.4 Å². The minimum absolute atomic E-state index is 0.0861. The highest BCUT2D eigenvalue weighted by molar-refractivity contribution is 7.09. The normalized spacial score (nSPS) is 10.1. The Hall–Kier alpha value is -2.41. The molecule has 2 amide bonds. The molecule has 0 aliphatic carbocycles. The van der Waals surface area contributed by atoms with Crippen molar-refractivity contribution in [3.05, 3.63) is 46.4 Å².